The second-order valence-electron chi connectivity index (χ2n) is 5.96. The molecule has 1 atom stereocenters. The van der Waals surface area contributed by atoms with Crippen molar-refractivity contribution < 1.29 is 19.5 Å². The van der Waals surface area contributed by atoms with Crippen LogP contribution in [0.15, 0.2) is 6.07 Å². The van der Waals surface area contributed by atoms with Crippen molar-refractivity contribution in [2.75, 3.05) is 26.2 Å². The Balaban J connectivity index is 1.82. The highest BCUT2D eigenvalue weighted by Crippen LogP contribution is 2.13. The molecule has 0 spiro atoms. The average Bonchev–Trinajstić information content (AvgIpc) is 2.96. The van der Waals surface area contributed by atoms with Crippen molar-refractivity contribution in [2.45, 2.75) is 32.7 Å². The Kier molecular flexibility index (Phi) is 5.78. The molecule has 9 heteroatoms. The van der Waals surface area contributed by atoms with Crippen LogP contribution in [0.25, 0.3) is 0 Å². The Morgan fingerprint density at radius 3 is 2.75 bits per heavy atom. The summed E-state index contributed by atoms with van der Waals surface area (Å²) in [4.78, 5) is 38.3. The van der Waals surface area contributed by atoms with Gasteiger partial charge in [0, 0.05) is 44.3 Å². The Labute approximate surface area is 140 Å². The summed E-state index contributed by atoms with van der Waals surface area (Å²) in [6, 6.07) is 1.35. The number of carboxylic acid groups (broad SMARTS) is 1. The molecule has 2 rings (SSSR count). The second kappa shape index (κ2) is 7.80. The molecule has 1 aliphatic rings. The molecule has 0 aliphatic carbocycles. The highest BCUT2D eigenvalue weighted by atomic mass is 16.4. The molecule has 3 N–H and O–H groups in total. The summed E-state index contributed by atoms with van der Waals surface area (Å²) in [6.45, 7) is 5.35. The van der Waals surface area contributed by atoms with E-state index in [0.717, 1.165) is 5.69 Å². The number of carbonyl (C=O) groups is 3. The fraction of sp³-hybridized carbons (Fsp3) is 0.600. The van der Waals surface area contributed by atoms with E-state index < -0.39 is 5.97 Å². The normalized spacial score (nSPS) is 17.7. The van der Waals surface area contributed by atoms with Gasteiger partial charge in [-0.2, -0.15) is 5.10 Å². The first-order valence-corrected chi connectivity index (χ1v) is 7.96. The van der Waals surface area contributed by atoms with Gasteiger partial charge in [-0.3, -0.25) is 14.7 Å². The van der Waals surface area contributed by atoms with Gasteiger partial charge in [-0.15, -0.1) is 0 Å². The molecule has 0 aromatic carbocycles. The monoisotopic (exact) mass is 337 g/mol. The van der Waals surface area contributed by atoms with E-state index in [-0.39, 0.29) is 24.4 Å². The van der Waals surface area contributed by atoms with Crippen LogP contribution in [0.4, 0.5) is 4.79 Å². The van der Waals surface area contributed by atoms with Crippen LogP contribution >= 0.6 is 0 Å². The van der Waals surface area contributed by atoms with Crippen molar-refractivity contribution in [1.82, 2.24) is 25.3 Å². The van der Waals surface area contributed by atoms with Crippen LogP contribution in [0, 0.1) is 6.92 Å². The lowest BCUT2D eigenvalue weighted by Gasteiger charge is -2.39. The third-order valence-corrected chi connectivity index (χ3v) is 3.94. The SMILES string of the molecule is Cc1cc(C(=O)N2CCN(C(=O)NCCCC(=O)O)[C@H](C)C2)n[nH]1. The van der Waals surface area contributed by atoms with E-state index in [0.29, 0.717) is 38.3 Å². The summed E-state index contributed by atoms with van der Waals surface area (Å²) < 4.78 is 0. The number of aliphatic carboxylic acids is 1. The van der Waals surface area contributed by atoms with E-state index in [1.807, 2.05) is 13.8 Å². The quantitative estimate of drug-likeness (QED) is 0.674. The van der Waals surface area contributed by atoms with Gasteiger partial charge in [0.25, 0.3) is 5.91 Å². The predicted molar refractivity (Wildman–Crippen MR) is 85.7 cm³/mol. The van der Waals surface area contributed by atoms with Gasteiger partial charge in [-0.1, -0.05) is 0 Å². The lowest BCUT2D eigenvalue weighted by atomic mass is 10.2. The zero-order valence-electron chi connectivity index (χ0n) is 13.9. The maximum Gasteiger partial charge on any atom is 0.317 e. The van der Waals surface area contributed by atoms with E-state index in [1.54, 1.807) is 15.9 Å². The summed E-state index contributed by atoms with van der Waals surface area (Å²) >= 11 is 0. The number of urea groups is 1. The number of hydrogen-bond acceptors (Lipinski definition) is 4. The Bertz CT molecular complexity index is 615. The average molecular weight is 337 g/mol. The maximum absolute atomic E-state index is 12.4. The first-order chi connectivity index (χ1) is 11.4. The van der Waals surface area contributed by atoms with Gasteiger partial charge in [0.05, 0.1) is 0 Å². The van der Waals surface area contributed by atoms with Crippen LogP contribution in [0.2, 0.25) is 0 Å². The zero-order chi connectivity index (χ0) is 17.7. The number of amides is 3. The molecule has 3 amide bonds. The molecule has 1 aromatic heterocycles. The molecule has 0 radical (unpaired) electrons. The van der Waals surface area contributed by atoms with Crippen molar-refractivity contribution in [3.8, 4) is 0 Å². The number of nitrogens with zero attached hydrogens (tertiary/aromatic N) is 3. The van der Waals surface area contributed by atoms with Gasteiger partial charge in [0.2, 0.25) is 0 Å². The smallest absolute Gasteiger partial charge is 0.317 e. The van der Waals surface area contributed by atoms with Crippen LogP contribution in [0.5, 0.6) is 0 Å². The highest BCUT2D eigenvalue weighted by molar-refractivity contribution is 5.92. The molecule has 0 unspecified atom stereocenters. The van der Waals surface area contributed by atoms with Crippen LogP contribution in [-0.4, -0.2) is 75.2 Å². The summed E-state index contributed by atoms with van der Waals surface area (Å²) in [5.74, 6) is -1.02. The van der Waals surface area contributed by atoms with Gasteiger partial charge < -0.3 is 20.2 Å². The first-order valence-electron chi connectivity index (χ1n) is 7.96. The third-order valence-electron chi connectivity index (χ3n) is 3.94. The number of piperazine rings is 1. The molecule has 2 heterocycles. The number of aromatic nitrogens is 2. The molecular weight excluding hydrogens is 314 g/mol. The number of rotatable bonds is 5. The van der Waals surface area contributed by atoms with Gasteiger partial charge in [-0.25, -0.2) is 4.79 Å². The number of carboxylic acids is 1. The lowest BCUT2D eigenvalue weighted by molar-refractivity contribution is -0.137. The number of aryl methyl sites for hydroxylation is 1. The van der Waals surface area contributed by atoms with E-state index in [2.05, 4.69) is 15.5 Å². The van der Waals surface area contributed by atoms with Crippen LogP contribution < -0.4 is 5.32 Å². The Morgan fingerprint density at radius 1 is 1.42 bits per heavy atom. The van der Waals surface area contributed by atoms with Gasteiger partial charge >= 0.3 is 12.0 Å². The van der Waals surface area contributed by atoms with Crippen molar-refractivity contribution in [3.05, 3.63) is 17.5 Å². The maximum atomic E-state index is 12.4. The summed E-state index contributed by atoms with van der Waals surface area (Å²) in [6.07, 6.45) is 0.424. The minimum absolute atomic E-state index is 0.0290. The zero-order valence-corrected chi connectivity index (χ0v) is 13.9. The number of hydrogen-bond donors (Lipinski definition) is 3. The molecule has 1 saturated heterocycles. The van der Waals surface area contributed by atoms with Gasteiger partial charge in [0.15, 0.2) is 0 Å². The topological polar surface area (TPSA) is 119 Å². The Hall–Kier alpha value is -2.58. The molecule has 0 saturated carbocycles. The van der Waals surface area contributed by atoms with Gasteiger partial charge in [0.1, 0.15) is 5.69 Å². The lowest BCUT2D eigenvalue weighted by Crippen LogP contribution is -2.57. The minimum atomic E-state index is -0.877. The van der Waals surface area contributed by atoms with E-state index >= 15 is 0 Å². The van der Waals surface area contributed by atoms with E-state index in [4.69, 9.17) is 5.11 Å². The van der Waals surface area contributed by atoms with Crippen LogP contribution in [-0.2, 0) is 4.79 Å². The third kappa shape index (κ3) is 4.46. The number of aromatic amines is 1. The molecule has 1 aromatic rings. The fourth-order valence-electron chi connectivity index (χ4n) is 2.67. The van der Waals surface area contributed by atoms with Gasteiger partial charge in [-0.05, 0) is 26.3 Å². The molecule has 1 aliphatic heterocycles. The largest absolute Gasteiger partial charge is 0.481 e. The summed E-state index contributed by atoms with van der Waals surface area (Å²) in [5.41, 5.74) is 1.21. The first kappa shape index (κ1) is 17.8. The van der Waals surface area contributed by atoms with Crippen molar-refractivity contribution in [1.29, 1.82) is 0 Å². The van der Waals surface area contributed by atoms with Crippen LogP contribution in [0.3, 0.4) is 0 Å². The molecular formula is C15H23N5O4. The molecule has 24 heavy (non-hydrogen) atoms. The number of carbonyl (C=O) groups excluding carboxylic acids is 2. The molecule has 9 nitrogen and oxygen atoms in total. The summed E-state index contributed by atoms with van der Waals surface area (Å²) in [5, 5.41) is 18.0. The van der Waals surface area contributed by atoms with E-state index in [9.17, 15) is 14.4 Å². The van der Waals surface area contributed by atoms with E-state index in [1.165, 1.54) is 0 Å². The Morgan fingerprint density at radius 2 is 2.17 bits per heavy atom. The standard InChI is InChI=1S/C15H23N5O4/c1-10-8-12(18-17-10)14(23)19-6-7-20(11(2)9-19)15(24)16-5-3-4-13(21)22/h8,11H,3-7,9H2,1-2H3,(H,16,24)(H,17,18)(H,21,22)/t11-/m1/s1. The molecule has 132 valence electrons. The number of nitrogens with one attached hydrogen (secondary N) is 2. The number of H-pyrrole nitrogens is 1. The predicted octanol–water partition coefficient (Wildman–Crippen LogP) is 0.439. The van der Waals surface area contributed by atoms with Crippen molar-refractivity contribution >= 4 is 17.9 Å². The van der Waals surface area contributed by atoms with Crippen LogP contribution in [0.1, 0.15) is 35.9 Å². The molecule has 0 bridgehead atoms. The summed E-state index contributed by atoms with van der Waals surface area (Å²) in [7, 11) is 0. The minimum Gasteiger partial charge on any atom is -0.481 e. The molecule has 1 fully saturated rings. The van der Waals surface area contributed by atoms with Crippen molar-refractivity contribution in [3.63, 3.8) is 0 Å². The fourth-order valence-corrected chi connectivity index (χ4v) is 2.67. The van der Waals surface area contributed by atoms with Crippen molar-refractivity contribution in [2.24, 2.45) is 0 Å². The second-order valence-corrected chi connectivity index (χ2v) is 5.96. The highest BCUT2D eigenvalue weighted by Gasteiger charge is 2.30.